The summed E-state index contributed by atoms with van der Waals surface area (Å²) in [5.41, 5.74) is 0. The molecule has 2 aromatic rings. The number of unbranched alkanes of at least 4 members (excludes halogenated alkanes) is 12. The predicted octanol–water partition coefficient (Wildman–Crippen LogP) is 10.3. The van der Waals surface area contributed by atoms with Gasteiger partial charge in [-0.3, -0.25) is 4.52 Å². The van der Waals surface area contributed by atoms with Crippen molar-refractivity contribution in [2.24, 2.45) is 0 Å². The lowest BCUT2D eigenvalue weighted by Crippen LogP contribution is -2.06. The van der Waals surface area contributed by atoms with E-state index in [9.17, 15) is 4.57 Å². The van der Waals surface area contributed by atoms with Gasteiger partial charge in [-0.2, -0.15) is 0 Å². The summed E-state index contributed by atoms with van der Waals surface area (Å²) in [4.78, 5) is 0. The quantitative estimate of drug-likeness (QED) is 0.0971. The lowest BCUT2D eigenvalue weighted by molar-refractivity contribution is 0.205. The van der Waals surface area contributed by atoms with Gasteiger partial charge in [0.25, 0.3) is 0 Å². The summed E-state index contributed by atoms with van der Waals surface area (Å²) >= 11 is 0. The number of hydrogen-bond donors (Lipinski definition) is 0. The van der Waals surface area contributed by atoms with E-state index in [2.05, 4.69) is 19.1 Å². The Kier molecular flexibility index (Phi) is 16.0. The smallest absolute Gasteiger partial charge is 0.395 e. The maximum Gasteiger partial charge on any atom is 0.587 e. The number of phosphoric ester groups is 1. The molecule has 5 heteroatoms. The first-order valence-corrected chi connectivity index (χ1v) is 15.1. The van der Waals surface area contributed by atoms with Crippen LogP contribution in [0.3, 0.4) is 0 Å². The van der Waals surface area contributed by atoms with Gasteiger partial charge in [-0.1, -0.05) is 113 Å². The van der Waals surface area contributed by atoms with Crippen LogP contribution in [0.4, 0.5) is 0 Å². The molecular formula is C30H45O4P. The lowest BCUT2D eigenvalue weighted by atomic mass is 10.1. The molecule has 0 fully saturated rings. The molecule has 0 aromatic heterocycles. The number of rotatable bonds is 21. The molecule has 0 atom stereocenters. The number of phosphoric acid groups is 1. The minimum atomic E-state index is -3.76. The van der Waals surface area contributed by atoms with Crippen LogP contribution in [0.1, 0.15) is 96.8 Å². The average Bonchev–Trinajstić information content (AvgIpc) is 2.87. The molecule has 35 heavy (non-hydrogen) atoms. The zero-order chi connectivity index (χ0) is 24.9. The zero-order valence-corrected chi connectivity index (χ0v) is 22.5. The van der Waals surface area contributed by atoms with Crippen molar-refractivity contribution >= 4 is 7.82 Å². The van der Waals surface area contributed by atoms with E-state index in [4.69, 9.17) is 13.6 Å². The van der Waals surface area contributed by atoms with Crippen LogP contribution in [-0.4, -0.2) is 6.61 Å². The van der Waals surface area contributed by atoms with Crippen molar-refractivity contribution in [3.05, 3.63) is 72.8 Å². The molecule has 0 saturated carbocycles. The second-order valence-electron chi connectivity index (χ2n) is 9.03. The van der Waals surface area contributed by atoms with Crippen LogP contribution in [0.15, 0.2) is 72.8 Å². The van der Waals surface area contributed by atoms with Crippen molar-refractivity contribution in [2.75, 3.05) is 6.61 Å². The molecule has 2 rings (SSSR count). The van der Waals surface area contributed by atoms with Gasteiger partial charge in [0.05, 0.1) is 6.61 Å². The van der Waals surface area contributed by atoms with Gasteiger partial charge in [0.2, 0.25) is 0 Å². The van der Waals surface area contributed by atoms with Crippen molar-refractivity contribution in [1.82, 2.24) is 0 Å². The minimum absolute atomic E-state index is 0.345. The molecule has 0 unspecified atom stereocenters. The topological polar surface area (TPSA) is 44.8 Å². The van der Waals surface area contributed by atoms with E-state index >= 15 is 0 Å². The fourth-order valence-corrected chi connectivity index (χ4v) is 5.07. The third-order valence-electron chi connectivity index (χ3n) is 5.83. The second kappa shape index (κ2) is 19.2. The average molecular weight is 501 g/mol. The van der Waals surface area contributed by atoms with Gasteiger partial charge in [0, 0.05) is 0 Å². The van der Waals surface area contributed by atoms with Gasteiger partial charge in [-0.15, -0.1) is 0 Å². The first kappa shape index (κ1) is 29.2. The van der Waals surface area contributed by atoms with Crippen molar-refractivity contribution in [3.63, 3.8) is 0 Å². The Hall–Kier alpha value is -2.03. The van der Waals surface area contributed by atoms with Gasteiger partial charge in [-0.25, -0.2) is 4.57 Å². The first-order valence-electron chi connectivity index (χ1n) is 13.6. The Morgan fingerprint density at radius 2 is 1.03 bits per heavy atom. The fraction of sp³-hybridized carbons (Fsp3) is 0.533. The van der Waals surface area contributed by atoms with E-state index in [0.717, 1.165) is 19.3 Å². The van der Waals surface area contributed by atoms with E-state index in [1.807, 2.05) is 36.4 Å². The summed E-state index contributed by atoms with van der Waals surface area (Å²) < 4.78 is 30.2. The summed E-state index contributed by atoms with van der Waals surface area (Å²) in [6.45, 7) is 2.61. The van der Waals surface area contributed by atoms with Crippen LogP contribution in [0.2, 0.25) is 0 Å². The maximum atomic E-state index is 13.2. The highest BCUT2D eigenvalue weighted by molar-refractivity contribution is 7.49. The van der Waals surface area contributed by atoms with Crippen LogP contribution in [0.25, 0.3) is 0 Å². The standard InChI is InChI=1S/C30H45O4P/c1-2-3-4-5-6-7-8-9-10-11-12-13-14-15-16-23-28-32-35(31,33-29-24-19-17-20-25-29)34-30-26-21-18-22-27-30/h9-10,17-22,24-27H,2-8,11-16,23,28H2,1H3. The molecule has 0 N–H and O–H groups in total. The monoisotopic (exact) mass is 500 g/mol. The van der Waals surface area contributed by atoms with Crippen LogP contribution < -0.4 is 9.05 Å². The van der Waals surface area contributed by atoms with Crippen molar-refractivity contribution in [3.8, 4) is 11.5 Å². The first-order chi connectivity index (χ1) is 17.2. The van der Waals surface area contributed by atoms with E-state index in [-0.39, 0.29) is 0 Å². The number of benzene rings is 2. The van der Waals surface area contributed by atoms with Gasteiger partial charge in [0.1, 0.15) is 11.5 Å². The zero-order valence-electron chi connectivity index (χ0n) is 21.6. The molecule has 0 bridgehead atoms. The molecule has 0 aliphatic carbocycles. The van der Waals surface area contributed by atoms with Crippen LogP contribution in [0.5, 0.6) is 11.5 Å². The molecule has 0 saturated heterocycles. The molecule has 0 heterocycles. The molecule has 0 aliphatic rings. The third-order valence-corrected chi connectivity index (χ3v) is 7.19. The maximum absolute atomic E-state index is 13.2. The summed E-state index contributed by atoms with van der Waals surface area (Å²) in [6.07, 6.45) is 22.1. The Bertz CT molecular complexity index is 777. The van der Waals surface area contributed by atoms with Gasteiger partial charge >= 0.3 is 7.82 Å². The lowest BCUT2D eigenvalue weighted by Gasteiger charge is -2.19. The van der Waals surface area contributed by atoms with Crippen molar-refractivity contribution < 1.29 is 18.1 Å². The van der Waals surface area contributed by atoms with Crippen LogP contribution in [-0.2, 0) is 9.09 Å². The highest BCUT2D eigenvalue weighted by Crippen LogP contribution is 2.49. The SMILES string of the molecule is CCCCCCCCC=CCCCCCCCCOP(=O)(Oc1ccccc1)Oc1ccccc1. The summed E-state index contributed by atoms with van der Waals surface area (Å²) in [7, 11) is -3.76. The van der Waals surface area contributed by atoms with Gasteiger partial charge < -0.3 is 9.05 Å². The summed E-state index contributed by atoms with van der Waals surface area (Å²) in [6, 6.07) is 18.0. The second-order valence-corrected chi connectivity index (χ2v) is 10.5. The Morgan fingerprint density at radius 1 is 0.600 bits per heavy atom. The minimum Gasteiger partial charge on any atom is -0.395 e. The fourth-order valence-electron chi connectivity index (χ4n) is 3.82. The number of hydrogen-bond acceptors (Lipinski definition) is 4. The molecule has 0 radical (unpaired) electrons. The Balaban J connectivity index is 1.54. The Morgan fingerprint density at radius 3 is 1.51 bits per heavy atom. The highest BCUT2D eigenvalue weighted by Gasteiger charge is 2.30. The van der Waals surface area contributed by atoms with E-state index in [0.29, 0.717) is 18.1 Å². The van der Waals surface area contributed by atoms with E-state index < -0.39 is 7.82 Å². The number of para-hydroxylation sites is 2. The van der Waals surface area contributed by atoms with Gasteiger partial charge in [-0.05, 0) is 56.4 Å². The highest BCUT2D eigenvalue weighted by atomic mass is 31.2. The predicted molar refractivity (Wildman–Crippen MR) is 147 cm³/mol. The third kappa shape index (κ3) is 14.9. The van der Waals surface area contributed by atoms with Crippen LogP contribution >= 0.6 is 7.82 Å². The van der Waals surface area contributed by atoms with Crippen LogP contribution in [0, 0.1) is 0 Å². The Labute approximate surface area is 213 Å². The molecule has 4 nitrogen and oxygen atoms in total. The largest absolute Gasteiger partial charge is 0.587 e. The molecule has 0 spiro atoms. The molecular weight excluding hydrogens is 455 g/mol. The number of allylic oxidation sites excluding steroid dienone is 2. The molecule has 194 valence electrons. The van der Waals surface area contributed by atoms with E-state index in [1.54, 1.807) is 24.3 Å². The van der Waals surface area contributed by atoms with Crippen molar-refractivity contribution in [1.29, 1.82) is 0 Å². The van der Waals surface area contributed by atoms with E-state index in [1.165, 1.54) is 70.6 Å². The normalized spacial score (nSPS) is 11.7. The molecule has 2 aromatic carbocycles. The van der Waals surface area contributed by atoms with Crippen molar-refractivity contribution in [2.45, 2.75) is 96.8 Å². The van der Waals surface area contributed by atoms with Gasteiger partial charge in [0.15, 0.2) is 0 Å². The summed E-state index contributed by atoms with van der Waals surface area (Å²) in [5, 5.41) is 0. The molecule has 0 aliphatic heterocycles. The summed E-state index contributed by atoms with van der Waals surface area (Å²) in [5.74, 6) is 0.931. The molecule has 0 amide bonds.